The standard InChI is InChI=1S/C22H25Cl3N2O3/c1-14(21(29)26-22(2,3)4)27(12-17-18(24)9-6-10-19(17)25)20(28)13-30-16-8-5-7-15(23)11-16/h5-11,14H,12-13H2,1-4H3,(H,26,29)/t14-/m0/s1. The lowest BCUT2D eigenvalue weighted by Crippen LogP contribution is -2.53. The molecule has 0 spiro atoms. The molecule has 162 valence electrons. The third-order valence-corrected chi connectivity index (χ3v) is 5.16. The van der Waals surface area contributed by atoms with Crippen LogP contribution in [-0.2, 0) is 16.1 Å². The van der Waals surface area contributed by atoms with Crippen molar-refractivity contribution in [1.82, 2.24) is 10.2 Å². The van der Waals surface area contributed by atoms with Gasteiger partial charge in [0.1, 0.15) is 11.8 Å². The first-order valence-corrected chi connectivity index (χ1v) is 10.5. The number of benzene rings is 2. The highest BCUT2D eigenvalue weighted by molar-refractivity contribution is 6.36. The van der Waals surface area contributed by atoms with E-state index in [0.717, 1.165) is 0 Å². The van der Waals surface area contributed by atoms with Gasteiger partial charge in [-0.15, -0.1) is 0 Å². The molecule has 8 heteroatoms. The SMILES string of the molecule is C[C@@H](C(=O)NC(C)(C)C)N(Cc1c(Cl)cccc1Cl)C(=O)COc1cccc(Cl)c1. The predicted octanol–water partition coefficient (Wildman–Crippen LogP) is 5.36. The van der Waals surface area contributed by atoms with Crippen LogP contribution in [0.5, 0.6) is 5.75 Å². The minimum absolute atomic E-state index is 0.0645. The van der Waals surface area contributed by atoms with Crippen LogP contribution >= 0.6 is 34.8 Å². The monoisotopic (exact) mass is 470 g/mol. The summed E-state index contributed by atoms with van der Waals surface area (Å²) in [5.74, 6) is -0.220. The molecule has 1 N–H and O–H groups in total. The van der Waals surface area contributed by atoms with Gasteiger partial charge in [-0.2, -0.15) is 0 Å². The van der Waals surface area contributed by atoms with E-state index < -0.39 is 11.6 Å². The Morgan fingerprint density at radius 3 is 2.23 bits per heavy atom. The summed E-state index contributed by atoms with van der Waals surface area (Å²) in [6.07, 6.45) is 0. The highest BCUT2D eigenvalue weighted by Gasteiger charge is 2.29. The van der Waals surface area contributed by atoms with E-state index in [-0.39, 0.29) is 25.0 Å². The van der Waals surface area contributed by atoms with Crippen LogP contribution in [0.3, 0.4) is 0 Å². The Balaban J connectivity index is 2.25. The summed E-state index contributed by atoms with van der Waals surface area (Å²) >= 11 is 18.5. The van der Waals surface area contributed by atoms with E-state index in [1.54, 1.807) is 49.4 Å². The molecule has 0 heterocycles. The smallest absolute Gasteiger partial charge is 0.261 e. The number of amides is 2. The average molecular weight is 472 g/mol. The van der Waals surface area contributed by atoms with E-state index in [4.69, 9.17) is 39.5 Å². The molecule has 2 amide bonds. The van der Waals surface area contributed by atoms with Gasteiger partial charge in [-0.1, -0.05) is 46.9 Å². The van der Waals surface area contributed by atoms with Gasteiger partial charge < -0.3 is 15.0 Å². The van der Waals surface area contributed by atoms with Crippen LogP contribution in [0.15, 0.2) is 42.5 Å². The van der Waals surface area contributed by atoms with E-state index in [1.165, 1.54) is 4.90 Å². The molecule has 0 saturated carbocycles. The van der Waals surface area contributed by atoms with Crippen molar-refractivity contribution in [1.29, 1.82) is 0 Å². The van der Waals surface area contributed by atoms with Gasteiger partial charge in [0.2, 0.25) is 5.91 Å². The third kappa shape index (κ3) is 7.08. The van der Waals surface area contributed by atoms with Crippen LogP contribution in [0.2, 0.25) is 15.1 Å². The fraction of sp³-hybridized carbons (Fsp3) is 0.364. The van der Waals surface area contributed by atoms with Crippen LogP contribution < -0.4 is 10.1 Å². The van der Waals surface area contributed by atoms with Crippen molar-refractivity contribution in [3.8, 4) is 5.75 Å². The fourth-order valence-corrected chi connectivity index (χ4v) is 3.39. The van der Waals surface area contributed by atoms with Gasteiger partial charge in [-0.05, 0) is 58.0 Å². The van der Waals surface area contributed by atoms with E-state index in [1.807, 2.05) is 20.8 Å². The van der Waals surface area contributed by atoms with Gasteiger partial charge in [0.15, 0.2) is 6.61 Å². The molecule has 0 aliphatic rings. The summed E-state index contributed by atoms with van der Waals surface area (Å²) in [4.78, 5) is 27.2. The molecule has 2 aromatic rings. The number of nitrogens with one attached hydrogen (secondary N) is 1. The largest absolute Gasteiger partial charge is 0.484 e. The molecule has 0 aliphatic heterocycles. The number of halogens is 3. The quantitative estimate of drug-likeness (QED) is 0.591. The average Bonchev–Trinajstić information content (AvgIpc) is 2.64. The number of rotatable bonds is 7. The lowest BCUT2D eigenvalue weighted by molar-refractivity contribution is -0.142. The van der Waals surface area contributed by atoms with Crippen LogP contribution in [-0.4, -0.2) is 34.9 Å². The van der Waals surface area contributed by atoms with Crippen LogP contribution in [0.1, 0.15) is 33.3 Å². The molecule has 0 saturated heterocycles. The maximum absolute atomic E-state index is 13.0. The molecule has 0 fully saturated rings. The zero-order chi connectivity index (χ0) is 22.5. The van der Waals surface area contributed by atoms with Crippen molar-refractivity contribution < 1.29 is 14.3 Å². The first-order chi connectivity index (χ1) is 14.0. The van der Waals surface area contributed by atoms with Crippen molar-refractivity contribution in [2.75, 3.05) is 6.61 Å². The second-order valence-corrected chi connectivity index (χ2v) is 9.13. The second kappa shape index (κ2) is 10.4. The summed E-state index contributed by atoms with van der Waals surface area (Å²) in [7, 11) is 0. The fourth-order valence-electron chi connectivity index (χ4n) is 2.70. The van der Waals surface area contributed by atoms with E-state index in [2.05, 4.69) is 5.32 Å². The Kier molecular flexibility index (Phi) is 8.42. The minimum Gasteiger partial charge on any atom is -0.484 e. The zero-order valence-corrected chi connectivity index (χ0v) is 19.6. The molecule has 0 aromatic heterocycles. The van der Waals surface area contributed by atoms with Crippen LogP contribution in [0.4, 0.5) is 0 Å². The summed E-state index contributed by atoms with van der Waals surface area (Å²) in [5, 5.41) is 4.22. The number of carbonyl (C=O) groups excluding carboxylic acids is 2. The molecular weight excluding hydrogens is 447 g/mol. The topological polar surface area (TPSA) is 58.6 Å². The molecule has 0 unspecified atom stereocenters. The second-order valence-electron chi connectivity index (χ2n) is 7.88. The third-order valence-electron chi connectivity index (χ3n) is 4.21. The van der Waals surface area contributed by atoms with Crippen molar-refractivity contribution in [3.63, 3.8) is 0 Å². The minimum atomic E-state index is -0.771. The Labute approximate surface area is 192 Å². The summed E-state index contributed by atoms with van der Waals surface area (Å²) in [5.41, 5.74) is 0.117. The van der Waals surface area contributed by atoms with Gasteiger partial charge in [0.25, 0.3) is 5.91 Å². The van der Waals surface area contributed by atoms with Gasteiger partial charge in [0.05, 0.1) is 0 Å². The first-order valence-electron chi connectivity index (χ1n) is 9.40. The molecule has 1 atom stereocenters. The Hall–Kier alpha value is -1.95. The zero-order valence-electron chi connectivity index (χ0n) is 17.3. The first kappa shape index (κ1) is 24.3. The Bertz CT molecular complexity index is 892. The number of hydrogen-bond donors (Lipinski definition) is 1. The van der Waals surface area contributed by atoms with Crippen LogP contribution in [0.25, 0.3) is 0 Å². The summed E-state index contributed by atoms with van der Waals surface area (Å²) in [6.45, 7) is 7.07. The highest BCUT2D eigenvalue weighted by Crippen LogP contribution is 2.27. The van der Waals surface area contributed by atoms with Gasteiger partial charge in [-0.25, -0.2) is 0 Å². The van der Waals surface area contributed by atoms with E-state index in [9.17, 15) is 9.59 Å². The molecule has 2 rings (SSSR count). The number of carbonyl (C=O) groups is 2. The molecule has 0 bridgehead atoms. The maximum Gasteiger partial charge on any atom is 0.261 e. The van der Waals surface area contributed by atoms with Crippen molar-refractivity contribution in [2.45, 2.75) is 45.8 Å². The summed E-state index contributed by atoms with van der Waals surface area (Å²) in [6, 6.07) is 11.1. The number of nitrogens with zero attached hydrogens (tertiary/aromatic N) is 1. The Morgan fingerprint density at radius 1 is 1.07 bits per heavy atom. The maximum atomic E-state index is 13.0. The summed E-state index contributed by atoms with van der Waals surface area (Å²) < 4.78 is 5.59. The van der Waals surface area contributed by atoms with Crippen molar-refractivity contribution >= 4 is 46.6 Å². The molecule has 0 aliphatic carbocycles. The van der Waals surface area contributed by atoms with Gasteiger partial charge in [-0.3, -0.25) is 9.59 Å². The van der Waals surface area contributed by atoms with Crippen LogP contribution in [0, 0.1) is 0 Å². The lowest BCUT2D eigenvalue weighted by atomic mass is 10.1. The van der Waals surface area contributed by atoms with Gasteiger partial charge >= 0.3 is 0 Å². The van der Waals surface area contributed by atoms with E-state index in [0.29, 0.717) is 26.4 Å². The molecule has 2 aromatic carbocycles. The normalized spacial score (nSPS) is 12.2. The lowest BCUT2D eigenvalue weighted by Gasteiger charge is -2.31. The molecular formula is C22H25Cl3N2O3. The van der Waals surface area contributed by atoms with E-state index >= 15 is 0 Å². The number of hydrogen-bond acceptors (Lipinski definition) is 3. The highest BCUT2D eigenvalue weighted by atomic mass is 35.5. The predicted molar refractivity (Wildman–Crippen MR) is 121 cm³/mol. The number of ether oxygens (including phenoxy) is 1. The molecule has 30 heavy (non-hydrogen) atoms. The Morgan fingerprint density at radius 2 is 1.67 bits per heavy atom. The van der Waals surface area contributed by atoms with Crippen molar-refractivity contribution in [2.24, 2.45) is 0 Å². The van der Waals surface area contributed by atoms with Gasteiger partial charge in [0, 0.05) is 32.7 Å². The molecule has 0 radical (unpaired) electrons. The van der Waals surface area contributed by atoms with Crippen molar-refractivity contribution in [3.05, 3.63) is 63.1 Å². The molecule has 5 nitrogen and oxygen atoms in total.